The quantitative estimate of drug-likeness (QED) is 0.824. The molecule has 94 valence electrons. The van der Waals surface area contributed by atoms with Crippen LogP contribution in [0.3, 0.4) is 0 Å². The van der Waals surface area contributed by atoms with Crippen LogP contribution < -0.4 is 0 Å². The number of amides is 1. The molecule has 1 aliphatic heterocycles. The summed E-state index contributed by atoms with van der Waals surface area (Å²) >= 11 is 1.72. The minimum atomic E-state index is -0.189. The fourth-order valence-electron chi connectivity index (χ4n) is 1.80. The van der Waals surface area contributed by atoms with Crippen molar-refractivity contribution >= 4 is 17.4 Å². The van der Waals surface area contributed by atoms with E-state index in [9.17, 15) is 4.79 Å². The van der Waals surface area contributed by atoms with Crippen LogP contribution in [0.2, 0.25) is 0 Å². The first kappa shape index (κ1) is 12.4. The number of carbonyl (C=O) groups is 1. The maximum atomic E-state index is 11.8. The Hall–Kier alpha value is -1.07. The van der Waals surface area contributed by atoms with Crippen molar-refractivity contribution in [2.24, 2.45) is 0 Å². The number of fused-ring (bicyclic) bond motifs is 1. The van der Waals surface area contributed by atoms with Gasteiger partial charge in [-0.25, -0.2) is 4.79 Å². The van der Waals surface area contributed by atoms with E-state index in [0.717, 1.165) is 19.5 Å². The van der Waals surface area contributed by atoms with Crippen molar-refractivity contribution < 1.29 is 9.53 Å². The topological polar surface area (TPSA) is 32.8 Å². The smallest absolute Gasteiger partial charge is 0.410 e. The molecule has 5 heteroatoms. The number of carbonyl (C=O) groups excluding carboxylic acids is 1. The van der Waals surface area contributed by atoms with Gasteiger partial charge in [0.1, 0.15) is 6.61 Å². The number of rotatable bonds is 3. The summed E-state index contributed by atoms with van der Waals surface area (Å²) in [6.45, 7) is 2.70. The molecule has 1 aromatic heterocycles. The monoisotopic (exact) mass is 254 g/mol. The SMILES string of the molecule is CN(C)CCOC(=O)N1CCc2ccsc2C1. The summed E-state index contributed by atoms with van der Waals surface area (Å²) in [7, 11) is 3.93. The van der Waals surface area contributed by atoms with Gasteiger partial charge in [0.2, 0.25) is 0 Å². The summed E-state index contributed by atoms with van der Waals surface area (Å²) in [5.41, 5.74) is 1.38. The van der Waals surface area contributed by atoms with Gasteiger partial charge in [-0.2, -0.15) is 0 Å². The van der Waals surface area contributed by atoms with E-state index < -0.39 is 0 Å². The average Bonchev–Trinajstić information content (AvgIpc) is 2.75. The van der Waals surface area contributed by atoms with Crippen LogP contribution in [0.1, 0.15) is 10.4 Å². The summed E-state index contributed by atoms with van der Waals surface area (Å²) < 4.78 is 5.23. The lowest BCUT2D eigenvalue weighted by Crippen LogP contribution is -2.36. The highest BCUT2D eigenvalue weighted by atomic mass is 32.1. The van der Waals surface area contributed by atoms with Crippen LogP contribution in [0.4, 0.5) is 4.79 Å². The molecule has 0 aliphatic carbocycles. The van der Waals surface area contributed by atoms with Gasteiger partial charge in [0.25, 0.3) is 0 Å². The molecule has 2 rings (SSSR count). The van der Waals surface area contributed by atoms with E-state index in [0.29, 0.717) is 13.2 Å². The lowest BCUT2D eigenvalue weighted by molar-refractivity contribution is 0.0923. The molecule has 0 radical (unpaired) electrons. The Morgan fingerprint density at radius 2 is 2.41 bits per heavy atom. The van der Waals surface area contributed by atoms with Crippen molar-refractivity contribution in [3.63, 3.8) is 0 Å². The standard InChI is InChI=1S/C12H18N2O2S/c1-13(2)6-7-16-12(15)14-5-3-10-4-8-17-11(10)9-14/h4,8H,3,5-7,9H2,1-2H3. The van der Waals surface area contributed by atoms with Gasteiger partial charge >= 0.3 is 6.09 Å². The fourth-order valence-corrected chi connectivity index (χ4v) is 2.75. The summed E-state index contributed by atoms with van der Waals surface area (Å²) in [4.78, 5) is 16.9. The lowest BCUT2D eigenvalue weighted by atomic mass is 10.1. The van der Waals surface area contributed by atoms with Crippen LogP contribution in [-0.2, 0) is 17.7 Å². The predicted octanol–water partition coefficient (Wildman–Crippen LogP) is 1.80. The Balaban J connectivity index is 1.82. The lowest BCUT2D eigenvalue weighted by Gasteiger charge is -2.26. The van der Waals surface area contributed by atoms with Crippen molar-refractivity contribution in [3.8, 4) is 0 Å². The van der Waals surface area contributed by atoms with E-state index in [1.165, 1.54) is 10.4 Å². The molecule has 0 unspecified atom stereocenters. The van der Waals surface area contributed by atoms with E-state index in [4.69, 9.17) is 4.74 Å². The first-order valence-corrected chi connectivity index (χ1v) is 6.66. The zero-order chi connectivity index (χ0) is 12.3. The third-order valence-electron chi connectivity index (χ3n) is 2.85. The molecular weight excluding hydrogens is 236 g/mol. The summed E-state index contributed by atoms with van der Waals surface area (Å²) in [5, 5.41) is 2.09. The highest BCUT2D eigenvalue weighted by molar-refractivity contribution is 7.10. The first-order valence-electron chi connectivity index (χ1n) is 5.78. The number of hydrogen-bond acceptors (Lipinski definition) is 4. The molecule has 0 bridgehead atoms. The number of likely N-dealkylation sites (N-methyl/N-ethyl adjacent to an activating group) is 1. The van der Waals surface area contributed by atoms with Gasteiger partial charge in [-0.1, -0.05) is 0 Å². The van der Waals surface area contributed by atoms with Gasteiger partial charge in [0.15, 0.2) is 0 Å². The summed E-state index contributed by atoms with van der Waals surface area (Å²) in [6.07, 6.45) is 0.757. The normalized spacial score (nSPS) is 14.9. The van der Waals surface area contributed by atoms with Crippen LogP contribution in [0, 0.1) is 0 Å². The van der Waals surface area contributed by atoms with Crippen LogP contribution in [0.5, 0.6) is 0 Å². The van der Waals surface area contributed by atoms with Gasteiger partial charge in [-0.3, -0.25) is 0 Å². The third kappa shape index (κ3) is 3.20. The third-order valence-corrected chi connectivity index (χ3v) is 3.79. The number of nitrogens with zero attached hydrogens (tertiary/aromatic N) is 2. The number of hydrogen-bond donors (Lipinski definition) is 0. The van der Waals surface area contributed by atoms with Crippen LogP contribution in [0.25, 0.3) is 0 Å². The molecule has 1 aliphatic rings. The highest BCUT2D eigenvalue weighted by Gasteiger charge is 2.22. The minimum absolute atomic E-state index is 0.189. The van der Waals surface area contributed by atoms with E-state index >= 15 is 0 Å². The minimum Gasteiger partial charge on any atom is -0.448 e. The second-order valence-electron chi connectivity index (χ2n) is 4.46. The Kier molecular flexibility index (Phi) is 4.02. The molecule has 1 amide bonds. The fraction of sp³-hybridized carbons (Fsp3) is 0.583. The Morgan fingerprint density at radius 1 is 1.59 bits per heavy atom. The highest BCUT2D eigenvalue weighted by Crippen LogP contribution is 2.24. The van der Waals surface area contributed by atoms with Gasteiger partial charge in [-0.05, 0) is 37.5 Å². The first-order chi connectivity index (χ1) is 8.16. The van der Waals surface area contributed by atoms with Gasteiger partial charge < -0.3 is 14.5 Å². The zero-order valence-electron chi connectivity index (χ0n) is 10.3. The van der Waals surface area contributed by atoms with Crippen LogP contribution in [-0.4, -0.2) is 49.7 Å². The van der Waals surface area contributed by atoms with Crippen molar-refractivity contribution in [2.75, 3.05) is 33.8 Å². The van der Waals surface area contributed by atoms with Crippen LogP contribution in [0.15, 0.2) is 11.4 Å². The summed E-state index contributed by atoms with van der Waals surface area (Å²) in [5.74, 6) is 0. The molecule has 0 N–H and O–H groups in total. The molecule has 0 saturated heterocycles. The second kappa shape index (κ2) is 5.51. The van der Waals surface area contributed by atoms with Gasteiger partial charge in [0.05, 0.1) is 6.54 Å². The van der Waals surface area contributed by atoms with Crippen molar-refractivity contribution in [3.05, 3.63) is 21.9 Å². The predicted molar refractivity (Wildman–Crippen MR) is 68.3 cm³/mol. The average molecular weight is 254 g/mol. The molecular formula is C12H18N2O2S. The Bertz CT molecular complexity index is 390. The maximum absolute atomic E-state index is 11.8. The molecule has 0 fully saturated rings. The van der Waals surface area contributed by atoms with Gasteiger partial charge in [-0.15, -0.1) is 11.3 Å². The molecule has 1 aromatic rings. The summed E-state index contributed by atoms with van der Waals surface area (Å²) in [6, 6.07) is 2.15. The molecule has 17 heavy (non-hydrogen) atoms. The van der Waals surface area contributed by atoms with E-state index in [2.05, 4.69) is 11.4 Å². The molecule has 0 atom stereocenters. The molecule has 4 nitrogen and oxygen atoms in total. The second-order valence-corrected chi connectivity index (χ2v) is 5.46. The van der Waals surface area contributed by atoms with E-state index in [1.807, 2.05) is 19.0 Å². The molecule has 0 saturated carbocycles. The number of thiophene rings is 1. The van der Waals surface area contributed by atoms with Gasteiger partial charge in [0, 0.05) is 18.0 Å². The molecule has 2 heterocycles. The van der Waals surface area contributed by atoms with Crippen LogP contribution >= 0.6 is 11.3 Å². The Labute approximate surface area is 106 Å². The zero-order valence-corrected chi connectivity index (χ0v) is 11.1. The van der Waals surface area contributed by atoms with E-state index in [1.54, 1.807) is 16.2 Å². The molecule has 0 aromatic carbocycles. The Morgan fingerprint density at radius 3 is 3.18 bits per heavy atom. The maximum Gasteiger partial charge on any atom is 0.410 e. The number of ether oxygens (including phenoxy) is 1. The largest absolute Gasteiger partial charge is 0.448 e. The van der Waals surface area contributed by atoms with Crippen molar-refractivity contribution in [1.82, 2.24) is 9.80 Å². The van der Waals surface area contributed by atoms with Crippen molar-refractivity contribution in [1.29, 1.82) is 0 Å². The van der Waals surface area contributed by atoms with E-state index in [-0.39, 0.29) is 6.09 Å². The molecule has 0 spiro atoms. The van der Waals surface area contributed by atoms with Crippen molar-refractivity contribution in [2.45, 2.75) is 13.0 Å².